The fourth-order valence-corrected chi connectivity index (χ4v) is 2.10. The summed E-state index contributed by atoms with van der Waals surface area (Å²) in [5, 5.41) is 12.0. The summed E-state index contributed by atoms with van der Waals surface area (Å²) in [6.45, 7) is 2.38. The highest BCUT2D eigenvalue weighted by molar-refractivity contribution is 7.11. The first-order chi connectivity index (χ1) is 8.52. The molecule has 4 N–H and O–H groups in total. The predicted octanol–water partition coefficient (Wildman–Crippen LogP) is 0.514. The molecule has 1 aromatic heterocycles. The van der Waals surface area contributed by atoms with Gasteiger partial charge in [0.25, 0.3) is 0 Å². The van der Waals surface area contributed by atoms with Crippen molar-refractivity contribution in [2.45, 2.75) is 38.8 Å². The number of carbonyl (C=O) groups is 2. The zero-order valence-corrected chi connectivity index (χ0v) is 11.0. The highest BCUT2D eigenvalue weighted by Crippen LogP contribution is 2.12. The molecule has 0 spiro atoms. The lowest BCUT2D eigenvalue weighted by Crippen LogP contribution is -2.40. The van der Waals surface area contributed by atoms with E-state index in [9.17, 15) is 9.59 Å². The van der Waals surface area contributed by atoms with Crippen molar-refractivity contribution < 1.29 is 14.7 Å². The molecule has 0 aromatic carbocycles. The monoisotopic (exact) mass is 271 g/mol. The van der Waals surface area contributed by atoms with Gasteiger partial charge in [0.05, 0.1) is 12.6 Å². The van der Waals surface area contributed by atoms with Crippen LogP contribution in [-0.2, 0) is 22.6 Å². The predicted molar refractivity (Wildman–Crippen MR) is 68.2 cm³/mol. The second-order valence-electron chi connectivity index (χ2n) is 3.83. The number of amides is 1. The molecule has 1 amide bonds. The maximum Gasteiger partial charge on any atom is 0.303 e. The number of nitrogens with zero attached hydrogens (tertiary/aromatic N) is 1. The van der Waals surface area contributed by atoms with Gasteiger partial charge in [-0.25, -0.2) is 4.98 Å². The third-order valence-corrected chi connectivity index (χ3v) is 3.51. The van der Waals surface area contributed by atoms with Crippen molar-refractivity contribution in [2.75, 3.05) is 0 Å². The molecule has 0 fully saturated rings. The lowest BCUT2D eigenvalue weighted by molar-refractivity contribution is -0.137. The van der Waals surface area contributed by atoms with E-state index in [1.807, 2.05) is 6.92 Å². The van der Waals surface area contributed by atoms with Crippen LogP contribution in [0.5, 0.6) is 0 Å². The van der Waals surface area contributed by atoms with Gasteiger partial charge in [0.2, 0.25) is 5.91 Å². The lowest BCUT2D eigenvalue weighted by atomic mass is 10.1. The standard InChI is InChI=1S/C11H17N3O3S/c1-2-7-5-13-9(18-7)6-14-11(17)8(12)3-4-10(15)16/h5,8H,2-4,6,12H2,1H3,(H,14,17)(H,15,16). The number of aromatic nitrogens is 1. The van der Waals surface area contributed by atoms with Gasteiger partial charge < -0.3 is 16.2 Å². The molecule has 1 unspecified atom stereocenters. The molecule has 0 radical (unpaired) electrons. The summed E-state index contributed by atoms with van der Waals surface area (Å²) in [5.74, 6) is -1.30. The van der Waals surface area contributed by atoms with E-state index in [1.54, 1.807) is 17.5 Å². The number of nitrogens with two attached hydrogens (primary N) is 1. The number of thiazole rings is 1. The molecule has 0 saturated heterocycles. The molecular formula is C11H17N3O3S. The van der Waals surface area contributed by atoms with Crippen LogP contribution in [0.2, 0.25) is 0 Å². The molecule has 0 aliphatic carbocycles. The maximum absolute atomic E-state index is 11.6. The number of carboxylic acid groups (broad SMARTS) is 1. The van der Waals surface area contributed by atoms with Gasteiger partial charge in [-0.15, -0.1) is 11.3 Å². The highest BCUT2D eigenvalue weighted by Gasteiger charge is 2.14. The van der Waals surface area contributed by atoms with E-state index < -0.39 is 12.0 Å². The van der Waals surface area contributed by atoms with E-state index in [-0.39, 0.29) is 18.7 Å². The Bertz CT molecular complexity index is 419. The Morgan fingerprint density at radius 2 is 2.33 bits per heavy atom. The van der Waals surface area contributed by atoms with Crippen LogP contribution in [0.25, 0.3) is 0 Å². The third kappa shape index (κ3) is 4.80. The van der Waals surface area contributed by atoms with E-state index in [1.165, 1.54) is 0 Å². The van der Waals surface area contributed by atoms with Gasteiger partial charge in [0, 0.05) is 17.5 Å². The van der Waals surface area contributed by atoms with Crippen LogP contribution in [0, 0.1) is 0 Å². The first kappa shape index (κ1) is 14.6. The van der Waals surface area contributed by atoms with E-state index in [0.29, 0.717) is 6.54 Å². The second kappa shape index (κ2) is 7.07. The molecule has 7 heteroatoms. The Hall–Kier alpha value is -1.47. The number of hydrogen-bond donors (Lipinski definition) is 3. The van der Waals surface area contributed by atoms with Crippen molar-refractivity contribution in [1.82, 2.24) is 10.3 Å². The van der Waals surface area contributed by atoms with Crippen molar-refractivity contribution in [3.8, 4) is 0 Å². The molecule has 0 aliphatic rings. The molecule has 1 atom stereocenters. The Labute approximate surface area is 109 Å². The van der Waals surface area contributed by atoms with Crippen LogP contribution in [0.1, 0.15) is 29.7 Å². The molecule has 1 heterocycles. The molecule has 1 rings (SSSR count). The van der Waals surface area contributed by atoms with E-state index in [4.69, 9.17) is 10.8 Å². The van der Waals surface area contributed by atoms with Gasteiger partial charge in [-0.2, -0.15) is 0 Å². The number of aliphatic carboxylic acids is 1. The van der Waals surface area contributed by atoms with Crippen molar-refractivity contribution in [3.05, 3.63) is 16.1 Å². The maximum atomic E-state index is 11.6. The van der Waals surface area contributed by atoms with Crippen LogP contribution < -0.4 is 11.1 Å². The first-order valence-corrected chi connectivity index (χ1v) is 6.53. The molecule has 0 aliphatic heterocycles. The summed E-state index contributed by atoms with van der Waals surface area (Å²) in [6, 6.07) is -0.785. The van der Waals surface area contributed by atoms with Crippen LogP contribution in [0.15, 0.2) is 6.20 Å². The normalized spacial score (nSPS) is 12.1. The van der Waals surface area contributed by atoms with Crippen LogP contribution in [0.3, 0.4) is 0 Å². The highest BCUT2D eigenvalue weighted by atomic mass is 32.1. The van der Waals surface area contributed by atoms with Crippen molar-refractivity contribution in [3.63, 3.8) is 0 Å². The van der Waals surface area contributed by atoms with Crippen molar-refractivity contribution in [2.24, 2.45) is 5.73 Å². The molecule has 0 bridgehead atoms. The summed E-state index contributed by atoms with van der Waals surface area (Å²) in [4.78, 5) is 27.2. The number of rotatable bonds is 7. The van der Waals surface area contributed by atoms with Gasteiger partial charge in [-0.05, 0) is 12.8 Å². The molecule has 6 nitrogen and oxygen atoms in total. The SMILES string of the molecule is CCc1cnc(CNC(=O)C(N)CCC(=O)O)s1. The van der Waals surface area contributed by atoms with Crippen LogP contribution >= 0.6 is 11.3 Å². The van der Waals surface area contributed by atoms with Crippen molar-refractivity contribution in [1.29, 1.82) is 0 Å². The fourth-order valence-electron chi connectivity index (χ4n) is 1.30. The zero-order valence-electron chi connectivity index (χ0n) is 10.2. The zero-order chi connectivity index (χ0) is 13.5. The number of aryl methyl sites for hydroxylation is 1. The summed E-state index contributed by atoms with van der Waals surface area (Å²) in [5.41, 5.74) is 5.57. The summed E-state index contributed by atoms with van der Waals surface area (Å²) < 4.78 is 0. The van der Waals surface area contributed by atoms with Crippen LogP contribution in [-0.4, -0.2) is 28.0 Å². The smallest absolute Gasteiger partial charge is 0.303 e. The minimum Gasteiger partial charge on any atom is -0.481 e. The minimum absolute atomic E-state index is 0.105. The molecular weight excluding hydrogens is 254 g/mol. The molecule has 18 heavy (non-hydrogen) atoms. The number of carboxylic acids is 1. The average molecular weight is 271 g/mol. The number of carbonyl (C=O) groups excluding carboxylic acids is 1. The van der Waals surface area contributed by atoms with Crippen molar-refractivity contribution >= 4 is 23.2 Å². The third-order valence-electron chi connectivity index (χ3n) is 2.37. The van der Waals surface area contributed by atoms with Crippen LogP contribution in [0.4, 0.5) is 0 Å². The van der Waals surface area contributed by atoms with E-state index in [0.717, 1.165) is 16.3 Å². The molecule has 100 valence electrons. The fraction of sp³-hybridized carbons (Fsp3) is 0.545. The first-order valence-electron chi connectivity index (χ1n) is 5.71. The topological polar surface area (TPSA) is 105 Å². The Morgan fingerprint density at radius 3 is 2.89 bits per heavy atom. The van der Waals surface area contributed by atoms with Gasteiger partial charge in [-0.3, -0.25) is 9.59 Å². The van der Waals surface area contributed by atoms with E-state index in [2.05, 4.69) is 10.3 Å². The Balaban J connectivity index is 2.33. The molecule has 1 aromatic rings. The van der Waals surface area contributed by atoms with Gasteiger partial charge in [0.15, 0.2) is 0 Å². The summed E-state index contributed by atoms with van der Waals surface area (Å²) in [6.07, 6.45) is 2.74. The Morgan fingerprint density at radius 1 is 1.61 bits per heavy atom. The minimum atomic E-state index is -0.953. The number of hydrogen-bond acceptors (Lipinski definition) is 5. The summed E-state index contributed by atoms with van der Waals surface area (Å²) in [7, 11) is 0. The quantitative estimate of drug-likeness (QED) is 0.670. The van der Waals surface area contributed by atoms with Gasteiger partial charge >= 0.3 is 5.97 Å². The largest absolute Gasteiger partial charge is 0.481 e. The number of nitrogens with one attached hydrogen (secondary N) is 1. The van der Waals surface area contributed by atoms with E-state index >= 15 is 0 Å². The van der Waals surface area contributed by atoms with Gasteiger partial charge in [-0.1, -0.05) is 6.92 Å². The van der Waals surface area contributed by atoms with Gasteiger partial charge in [0.1, 0.15) is 5.01 Å². The Kier molecular flexibility index (Phi) is 5.73. The average Bonchev–Trinajstić information content (AvgIpc) is 2.80. The lowest BCUT2D eigenvalue weighted by Gasteiger charge is -2.09. The summed E-state index contributed by atoms with van der Waals surface area (Å²) >= 11 is 1.54. The second-order valence-corrected chi connectivity index (χ2v) is 5.03. The molecule has 0 saturated carbocycles.